The molecule has 1 nitrogen and oxygen atoms in total. The number of unbranched alkanes of at least 4 members (excludes halogenated alkanes) is 1. The van der Waals surface area contributed by atoms with Crippen LogP contribution in [0.2, 0.25) is 0 Å². The smallest absolute Gasteiger partial charge is 0.0691 e. The zero-order chi connectivity index (χ0) is 17.7. The van der Waals surface area contributed by atoms with Gasteiger partial charge in [0, 0.05) is 12.0 Å². The number of hydrogen-bond donors (Lipinski definition) is 0. The van der Waals surface area contributed by atoms with Crippen LogP contribution < -0.4 is 0 Å². The lowest BCUT2D eigenvalue weighted by atomic mass is 9.65. The van der Waals surface area contributed by atoms with Gasteiger partial charge in [-0.1, -0.05) is 79.9 Å². The molecule has 1 heterocycles. The van der Waals surface area contributed by atoms with E-state index in [0.717, 1.165) is 6.61 Å². The molecular formula is C25H32O. The zero-order valence-corrected chi connectivity index (χ0v) is 16.0. The van der Waals surface area contributed by atoms with E-state index in [1.165, 1.54) is 69.8 Å². The van der Waals surface area contributed by atoms with E-state index in [2.05, 4.69) is 60.7 Å². The summed E-state index contributed by atoms with van der Waals surface area (Å²) in [5.74, 6) is 0. The fraction of sp³-hybridized carbons (Fsp3) is 0.520. The van der Waals surface area contributed by atoms with Crippen LogP contribution in [0.3, 0.4) is 0 Å². The molecule has 0 bridgehead atoms. The van der Waals surface area contributed by atoms with Crippen molar-refractivity contribution in [3.63, 3.8) is 0 Å². The molecule has 2 aromatic rings. The van der Waals surface area contributed by atoms with E-state index >= 15 is 0 Å². The topological polar surface area (TPSA) is 9.23 Å². The maximum atomic E-state index is 6.38. The van der Waals surface area contributed by atoms with Gasteiger partial charge in [-0.2, -0.15) is 0 Å². The van der Waals surface area contributed by atoms with Crippen molar-refractivity contribution >= 4 is 0 Å². The molecule has 1 spiro atoms. The number of ether oxygens (including phenoxy) is 1. The van der Waals surface area contributed by atoms with Gasteiger partial charge in [0.1, 0.15) is 0 Å². The van der Waals surface area contributed by atoms with Crippen molar-refractivity contribution in [2.75, 3.05) is 6.61 Å². The lowest BCUT2D eigenvalue weighted by Crippen LogP contribution is -2.46. The zero-order valence-electron chi connectivity index (χ0n) is 16.0. The average Bonchev–Trinajstić information content (AvgIpc) is 3.14. The maximum Gasteiger partial charge on any atom is 0.0691 e. The minimum absolute atomic E-state index is 0.174. The third kappa shape index (κ3) is 3.88. The molecule has 1 saturated carbocycles. The molecule has 1 aliphatic carbocycles. The van der Waals surface area contributed by atoms with Gasteiger partial charge in [-0.05, 0) is 56.1 Å². The first-order chi connectivity index (χ1) is 12.8. The van der Waals surface area contributed by atoms with E-state index in [1.807, 2.05) is 0 Å². The molecule has 26 heavy (non-hydrogen) atoms. The Bertz CT molecular complexity index is 672. The van der Waals surface area contributed by atoms with Crippen LogP contribution in [0.4, 0.5) is 0 Å². The summed E-state index contributed by atoms with van der Waals surface area (Å²) >= 11 is 0. The summed E-state index contributed by atoms with van der Waals surface area (Å²) in [6.45, 7) is 0.938. The number of hydrogen-bond acceptors (Lipinski definition) is 1. The summed E-state index contributed by atoms with van der Waals surface area (Å²) in [5.41, 5.74) is 3.52. The Labute approximate surface area is 158 Å². The largest absolute Gasteiger partial charge is 0.375 e. The quantitative estimate of drug-likeness (QED) is 0.544. The maximum absolute atomic E-state index is 6.38. The lowest BCUT2D eigenvalue weighted by Gasteiger charge is -2.47. The minimum Gasteiger partial charge on any atom is -0.375 e. The van der Waals surface area contributed by atoms with Crippen molar-refractivity contribution in [2.45, 2.75) is 75.2 Å². The molecule has 0 N–H and O–H groups in total. The molecule has 2 fully saturated rings. The van der Waals surface area contributed by atoms with Crippen molar-refractivity contribution in [1.82, 2.24) is 0 Å². The highest BCUT2D eigenvalue weighted by Gasteiger charge is 2.47. The van der Waals surface area contributed by atoms with Gasteiger partial charge in [-0.25, -0.2) is 0 Å². The SMILES string of the molecule is c1ccc(CCCC[C@@]2(c3ccccc3)CCOC3(CCCC3)C2)cc1. The monoisotopic (exact) mass is 348 g/mol. The van der Waals surface area contributed by atoms with Crippen LogP contribution in [-0.2, 0) is 16.6 Å². The summed E-state index contributed by atoms with van der Waals surface area (Å²) in [4.78, 5) is 0. The highest BCUT2D eigenvalue weighted by molar-refractivity contribution is 5.27. The van der Waals surface area contributed by atoms with E-state index in [0.29, 0.717) is 5.41 Å². The third-order valence-corrected chi connectivity index (χ3v) is 6.76. The summed E-state index contributed by atoms with van der Waals surface area (Å²) in [7, 11) is 0. The second kappa shape index (κ2) is 7.96. The highest BCUT2D eigenvalue weighted by atomic mass is 16.5. The Morgan fingerprint density at radius 2 is 1.46 bits per heavy atom. The Hall–Kier alpha value is -1.60. The first kappa shape index (κ1) is 17.8. The standard InChI is InChI=1S/C25H32O/c1-3-11-22(12-4-1)13-7-8-16-24(23-14-5-2-6-15-23)19-20-26-25(21-24)17-9-10-18-25/h1-6,11-12,14-15H,7-10,13,16-21H2/t24-/m1/s1. The molecule has 1 aliphatic heterocycles. The van der Waals surface area contributed by atoms with Crippen molar-refractivity contribution in [1.29, 1.82) is 0 Å². The van der Waals surface area contributed by atoms with Crippen LogP contribution in [-0.4, -0.2) is 12.2 Å². The number of rotatable bonds is 6. The van der Waals surface area contributed by atoms with Crippen LogP contribution in [0, 0.1) is 0 Å². The second-order valence-corrected chi connectivity index (χ2v) is 8.50. The Morgan fingerprint density at radius 1 is 0.769 bits per heavy atom. The van der Waals surface area contributed by atoms with Crippen LogP contribution in [0.5, 0.6) is 0 Å². The highest BCUT2D eigenvalue weighted by Crippen LogP contribution is 2.50. The van der Waals surface area contributed by atoms with Crippen molar-refractivity contribution in [3.8, 4) is 0 Å². The molecule has 1 heteroatoms. The van der Waals surface area contributed by atoms with Gasteiger partial charge >= 0.3 is 0 Å². The van der Waals surface area contributed by atoms with Crippen LogP contribution in [0.15, 0.2) is 60.7 Å². The molecule has 0 radical (unpaired) electrons. The molecule has 4 rings (SSSR count). The van der Waals surface area contributed by atoms with E-state index in [4.69, 9.17) is 4.74 Å². The van der Waals surface area contributed by atoms with Crippen LogP contribution >= 0.6 is 0 Å². The first-order valence-corrected chi connectivity index (χ1v) is 10.5. The normalized spacial score (nSPS) is 24.8. The van der Waals surface area contributed by atoms with E-state index < -0.39 is 0 Å². The molecular weight excluding hydrogens is 316 g/mol. The first-order valence-electron chi connectivity index (χ1n) is 10.5. The Kier molecular flexibility index (Phi) is 5.45. The van der Waals surface area contributed by atoms with Gasteiger partial charge < -0.3 is 4.74 Å². The van der Waals surface area contributed by atoms with Gasteiger partial charge in [0.25, 0.3) is 0 Å². The van der Waals surface area contributed by atoms with Crippen molar-refractivity contribution < 1.29 is 4.74 Å². The van der Waals surface area contributed by atoms with Crippen molar-refractivity contribution in [3.05, 3.63) is 71.8 Å². The van der Waals surface area contributed by atoms with E-state index in [1.54, 1.807) is 5.56 Å². The second-order valence-electron chi connectivity index (χ2n) is 8.50. The fourth-order valence-electron chi connectivity index (χ4n) is 5.39. The molecule has 0 unspecified atom stereocenters. The molecule has 138 valence electrons. The Morgan fingerprint density at radius 3 is 2.19 bits per heavy atom. The van der Waals surface area contributed by atoms with Gasteiger partial charge in [-0.15, -0.1) is 0 Å². The van der Waals surface area contributed by atoms with E-state index in [9.17, 15) is 0 Å². The minimum atomic E-state index is 0.174. The van der Waals surface area contributed by atoms with Gasteiger partial charge in [-0.3, -0.25) is 0 Å². The summed E-state index contributed by atoms with van der Waals surface area (Å²) in [6.07, 6.45) is 12.7. The van der Waals surface area contributed by atoms with Gasteiger partial charge in [0.2, 0.25) is 0 Å². The summed E-state index contributed by atoms with van der Waals surface area (Å²) in [5, 5.41) is 0. The van der Waals surface area contributed by atoms with Gasteiger partial charge in [0.05, 0.1) is 5.60 Å². The van der Waals surface area contributed by atoms with Crippen LogP contribution in [0.25, 0.3) is 0 Å². The Balaban J connectivity index is 1.46. The summed E-state index contributed by atoms with van der Waals surface area (Å²) in [6, 6.07) is 22.3. The molecule has 1 atom stereocenters. The number of aryl methyl sites for hydroxylation is 1. The van der Waals surface area contributed by atoms with Crippen LogP contribution in [0.1, 0.15) is 68.9 Å². The lowest BCUT2D eigenvalue weighted by molar-refractivity contribution is -0.104. The molecule has 2 aliphatic rings. The number of benzene rings is 2. The molecule has 0 amide bonds. The average molecular weight is 349 g/mol. The molecule has 1 saturated heterocycles. The third-order valence-electron chi connectivity index (χ3n) is 6.76. The predicted octanol–water partition coefficient (Wildman–Crippen LogP) is 6.46. The van der Waals surface area contributed by atoms with Gasteiger partial charge in [0.15, 0.2) is 0 Å². The molecule has 0 aromatic heterocycles. The predicted molar refractivity (Wildman–Crippen MR) is 109 cm³/mol. The van der Waals surface area contributed by atoms with Crippen molar-refractivity contribution in [2.24, 2.45) is 0 Å². The summed E-state index contributed by atoms with van der Waals surface area (Å²) < 4.78 is 6.38. The van der Waals surface area contributed by atoms with E-state index in [-0.39, 0.29) is 5.60 Å². The fourth-order valence-corrected chi connectivity index (χ4v) is 5.39. The molecule has 2 aromatic carbocycles.